The van der Waals surface area contributed by atoms with Crippen molar-refractivity contribution in [3.8, 4) is 5.75 Å². The van der Waals surface area contributed by atoms with Gasteiger partial charge in [-0.3, -0.25) is 0 Å². The first-order valence-corrected chi connectivity index (χ1v) is 6.15. The Morgan fingerprint density at radius 2 is 2.00 bits per heavy atom. The lowest BCUT2D eigenvalue weighted by molar-refractivity contribution is 0.414. The summed E-state index contributed by atoms with van der Waals surface area (Å²) in [4.78, 5) is 0. The van der Waals surface area contributed by atoms with Crippen molar-refractivity contribution in [2.75, 3.05) is 7.11 Å². The highest BCUT2D eigenvalue weighted by atomic mass is 16.5. The molecule has 1 aromatic carbocycles. The summed E-state index contributed by atoms with van der Waals surface area (Å²) in [6.07, 6.45) is 8.77. The number of hydrogen-bond donors (Lipinski definition) is 0. The van der Waals surface area contributed by atoms with E-state index in [9.17, 15) is 0 Å². The van der Waals surface area contributed by atoms with Crippen molar-refractivity contribution in [2.24, 2.45) is 0 Å². The second kappa shape index (κ2) is 7.72. The number of rotatable bonds is 7. The third-order valence-corrected chi connectivity index (χ3v) is 2.82. The zero-order valence-electron chi connectivity index (χ0n) is 10.9. The molecule has 92 valence electrons. The van der Waals surface area contributed by atoms with Crippen LogP contribution in [0.5, 0.6) is 5.75 Å². The van der Waals surface area contributed by atoms with E-state index in [0.29, 0.717) is 0 Å². The van der Waals surface area contributed by atoms with E-state index >= 15 is 0 Å². The second-order valence-corrected chi connectivity index (χ2v) is 4.28. The maximum absolute atomic E-state index is 5.14. The fraction of sp³-hybridized carbons (Fsp3) is 0.375. The van der Waals surface area contributed by atoms with Crippen LogP contribution in [-0.2, 0) is 6.42 Å². The Morgan fingerprint density at radius 3 is 2.59 bits per heavy atom. The predicted octanol–water partition coefficient (Wildman–Crippen LogP) is 4.54. The van der Waals surface area contributed by atoms with Gasteiger partial charge in [-0.1, -0.05) is 29.9 Å². The molecule has 0 aliphatic rings. The summed E-state index contributed by atoms with van der Waals surface area (Å²) in [5.41, 5.74) is 2.79. The Labute approximate surface area is 105 Å². The molecule has 17 heavy (non-hydrogen) atoms. The first-order chi connectivity index (χ1) is 8.26. The summed E-state index contributed by atoms with van der Waals surface area (Å²) in [6, 6.07) is 8.26. The topological polar surface area (TPSA) is 9.23 Å². The van der Waals surface area contributed by atoms with Crippen molar-refractivity contribution in [1.82, 2.24) is 0 Å². The van der Waals surface area contributed by atoms with E-state index in [1.807, 2.05) is 18.2 Å². The molecule has 0 saturated carbocycles. The van der Waals surface area contributed by atoms with Gasteiger partial charge in [-0.05, 0) is 50.3 Å². The van der Waals surface area contributed by atoms with Crippen molar-refractivity contribution in [2.45, 2.75) is 32.6 Å². The standard InChI is InChI=1S/C16H22O/c1-4-5-6-7-14(2)8-9-15-10-12-16(17-3)13-11-15/h4,8,10-13H,1,5-7,9H2,2-3H3/b14-8+. The van der Waals surface area contributed by atoms with E-state index in [0.717, 1.165) is 18.6 Å². The Bertz CT molecular complexity index is 360. The molecule has 0 aliphatic carbocycles. The van der Waals surface area contributed by atoms with E-state index in [-0.39, 0.29) is 0 Å². The molecule has 0 N–H and O–H groups in total. The van der Waals surface area contributed by atoms with Gasteiger partial charge < -0.3 is 4.74 Å². The van der Waals surface area contributed by atoms with Crippen LogP contribution in [0.2, 0.25) is 0 Å². The molecule has 1 aromatic rings. The predicted molar refractivity (Wildman–Crippen MR) is 74.5 cm³/mol. The number of benzene rings is 1. The van der Waals surface area contributed by atoms with Crippen LogP contribution in [0.1, 0.15) is 31.7 Å². The first-order valence-electron chi connectivity index (χ1n) is 6.15. The molecular weight excluding hydrogens is 208 g/mol. The van der Waals surface area contributed by atoms with E-state index in [1.165, 1.54) is 24.0 Å². The number of methoxy groups -OCH3 is 1. The molecule has 0 atom stereocenters. The van der Waals surface area contributed by atoms with Gasteiger partial charge in [0.2, 0.25) is 0 Å². The minimum Gasteiger partial charge on any atom is -0.497 e. The normalized spacial score (nSPS) is 11.3. The zero-order chi connectivity index (χ0) is 12.5. The Kier molecular flexibility index (Phi) is 6.16. The van der Waals surface area contributed by atoms with E-state index in [4.69, 9.17) is 4.74 Å². The van der Waals surface area contributed by atoms with Crippen molar-refractivity contribution in [3.05, 3.63) is 54.1 Å². The Morgan fingerprint density at radius 1 is 1.29 bits per heavy atom. The van der Waals surface area contributed by atoms with Crippen molar-refractivity contribution in [3.63, 3.8) is 0 Å². The van der Waals surface area contributed by atoms with Crippen LogP contribution < -0.4 is 4.74 Å². The molecule has 0 radical (unpaired) electrons. The lowest BCUT2D eigenvalue weighted by atomic mass is 10.1. The molecule has 0 saturated heterocycles. The quantitative estimate of drug-likeness (QED) is 0.493. The van der Waals surface area contributed by atoms with Gasteiger partial charge in [-0.25, -0.2) is 0 Å². The van der Waals surface area contributed by atoms with E-state index in [1.54, 1.807) is 7.11 Å². The number of ether oxygens (including phenoxy) is 1. The molecule has 0 bridgehead atoms. The summed E-state index contributed by atoms with van der Waals surface area (Å²) in [7, 11) is 1.69. The summed E-state index contributed by atoms with van der Waals surface area (Å²) < 4.78 is 5.14. The monoisotopic (exact) mass is 230 g/mol. The third kappa shape index (κ3) is 5.39. The van der Waals surface area contributed by atoms with Gasteiger partial charge in [-0.15, -0.1) is 6.58 Å². The van der Waals surface area contributed by atoms with Gasteiger partial charge in [0.1, 0.15) is 5.75 Å². The lowest BCUT2D eigenvalue weighted by Gasteiger charge is -2.02. The molecule has 1 rings (SSSR count). The second-order valence-electron chi connectivity index (χ2n) is 4.28. The molecule has 0 spiro atoms. The molecule has 0 aliphatic heterocycles. The van der Waals surface area contributed by atoms with E-state index in [2.05, 4.69) is 31.7 Å². The zero-order valence-corrected chi connectivity index (χ0v) is 10.9. The number of unbranched alkanes of at least 4 members (excludes halogenated alkanes) is 1. The molecule has 1 heteroatoms. The van der Waals surface area contributed by atoms with Crippen LogP contribution in [0.4, 0.5) is 0 Å². The van der Waals surface area contributed by atoms with Gasteiger partial charge in [0.05, 0.1) is 7.11 Å². The average molecular weight is 230 g/mol. The fourth-order valence-corrected chi connectivity index (χ4v) is 1.68. The van der Waals surface area contributed by atoms with Crippen molar-refractivity contribution >= 4 is 0 Å². The van der Waals surface area contributed by atoms with Gasteiger partial charge in [0, 0.05) is 0 Å². The smallest absolute Gasteiger partial charge is 0.118 e. The first kappa shape index (κ1) is 13.6. The van der Waals surface area contributed by atoms with Crippen LogP contribution in [0.25, 0.3) is 0 Å². The Hall–Kier alpha value is -1.50. The van der Waals surface area contributed by atoms with Gasteiger partial charge >= 0.3 is 0 Å². The minimum atomic E-state index is 0.917. The van der Waals surface area contributed by atoms with Crippen molar-refractivity contribution in [1.29, 1.82) is 0 Å². The van der Waals surface area contributed by atoms with Crippen LogP contribution in [0, 0.1) is 0 Å². The molecule has 1 nitrogen and oxygen atoms in total. The van der Waals surface area contributed by atoms with E-state index < -0.39 is 0 Å². The minimum absolute atomic E-state index is 0.917. The molecule has 0 aromatic heterocycles. The van der Waals surface area contributed by atoms with Crippen LogP contribution in [0.3, 0.4) is 0 Å². The lowest BCUT2D eigenvalue weighted by Crippen LogP contribution is -1.86. The summed E-state index contributed by atoms with van der Waals surface area (Å²) in [5.74, 6) is 0.917. The third-order valence-electron chi connectivity index (χ3n) is 2.82. The maximum atomic E-state index is 5.14. The summed E-state index contributed by atoms with van der Waals surface area (Å²) in [6.45, 7) is 5.94. The highest BCUT2D eigenvalue weighted by molar-refractivity contribution is 5.28. The molecule has 0 heterocycles. The summed E-state index contributed by atoms with van der Waals surface area (Å²) in [5, 5.41) is 0. The Balaban J connectivity index is 2.42. The number of hydrogen-bond acceptors (Lipinski definition) is 1. The summed E-state index contributed by atoms with van der Waals surface area (Å²) >= 11 is 0. The van der Waals surface area contributed by atoms with Crippen LogP contribution >= 0.6 is 0 Å². The number of allylic oxidation sites excluding steroid dienone is 3. The SMILES string of the molecule is C=CCCC/C(C)=C/Cc1ccc(OC)cc1. The largest absolute Gasteiger partial charge is 0.497 e. The highest BCUT2D eigenvalue weighted by Gasteiger charge is 1.94. The van der Waals surface area contributed by atoms with Gasteiger partial charge in [0.15, 0.2) is 0 Å². The molecular formula is C16H22O. The van der Waals surface area contributed by atoms with Gasteiger partial charge in [0.25, 0.3) is 0 Å². The van der Waals surface area contributed by atoms with Gasteiger partial charge in [-0.2, -0.15) is 0 Å². The average Bonchev–Trinajstić information content (AvgIpc) is 2.37. The highest BCUT2D eigenvalue weighted by Crippen LogP contribution is 2.13. The molecule has 0 unspecified atom stereocenters. The maximum Gasteiger partial charge on any atom is 0.118 e. The molecule has 0 amide bonds. The van der Waals surface area contributed by atoms with Crippen molar-refractivity contribution < 1.29 is 4.74 Å². The van der Waals surface area contributed by atoms with Crippen LogP contribution in [-0.4, -0.2) is 7.11 Å². The van der Waals surface area contributed by atoms with Crippen LogP contribution in [0.15, 0.2) is 48.6 Å². The fourth-order valence-electron chi connectivity index (χ4n) is 1.68. The molecule has 0 fully saturated rings.